The summed E-state index contributed by atoms with van der Waals surface area (Å²) in [6.07, 6.45) is 6.74. The van der Waals surface area contributed by atoms with Gasteiger partial charge < -0.3 is 19.4 Å². The van der Waals surface area contributed by atoms with Crippen LogP contribution in [0.15, 0.2) is 63.5 Å². The third kappa shape index (κ3) is 5.17. The van der Waals surface area contributed by atoms with Gasteiger partial charge in [0.25, 0.3) is 5.91 Å². The summed E-state index contributed by atoms with van der Waals surface area (Å²) < 4.78 is 11.3. The molecule has 2 aromatic heterocycles. The zero-order valence-corrected chi connectivity index (χ0v) is 18.4. The van der Waals surface area contributed by atoms with Gasteiger partial charge in [-0.25, -0.2) is 9.78 Å². The van der Waals surface area contributed by atoms with E-state index in [-0.39, 0.29) is 12.5 Å². The first-order chi connectivity index (χ1) is 15.5. The van der Waals surface area contributed by atoms with E-state index in [0.717, 1.165) is 35.3 Å². The minimum Gasteiger partial charge on any atom is -0.483 e. The Morgan fingerprint density at radius 1 is 1.16 bits per heavy atom. The normalized spacial score (nSPS) is 13.2. The van der Waals surface area contributed by atoms with Gasteiger partial charge >= 0.3 is 5.63 Å². The van der Waals surface area contributed by atoms with Crippen LogP contribution in [-0.2, 0) is 11.2 Å². The van der Waals surface area contributed by atoms with E-state index in [2.05, 4.69) is 15.2 Å². The lowest BCUT2D eigenvalue weighted by atomic mass is 10.1. The van der Waals surface area contributed by atoms with Crippen molar-refractivity contribution in [1.29, 1.82) is 0 Å². The molecule has 0 saturated carbocycles. The number of pyridine rings is 1. The Morgan fingerprint density at radius 2 is 1.94 bits per heavy atom. The average Bonchev–Trinajstić information content (AvgIpc) is 3.31. The Kier molecular flexibility index (Phi) is 6.54. The van der Waals surface area contributed by atoms with Crippen molar-refractivity contribution >= 4 is 28.4 Å². The number of nitrogens with zero attached hydrogens (tertiary/aromatic N) is 2. The summed E-state index contributed by atoms with van der Waals surface area (Å²) in [4.78, 5) is 30.8. The van der Waals surface area contributed by atoms with Crippen LogP contribution in [0.3, 0.4) is 0 Å². The molecule has 4 rings (SSSR count). The predicted octanol–water partition coefficient (Wildman–Crippen LogP) is 4.31. The van der Waals surface area contributed by atoms with Gasteiger partial charge in [0.15, 0.2) is 6.61 Å². The highest BCUT2D eigenvalue weighted by atomic mass is 16.5. The smallest absolute Gasteiger partial charge is 0.336 e. The van der Waals surface area contributed by atoms with Crippen LogP contribution < -0.4 is 20.6 Å². The molecule has 1 aliphatic heterocycles. The fourth-order valence-electron chi connectivity index (χ4n) is 3.75. The molecular formula is C25H27N3O4. The molecular weight excluding hydrogens is 406 g/mol. The van der Waals surface area contributed by atoms with Gasteiger partial charge in [-0.3, -0.25) is 4.79 Å². The first-order valence-corrected chi connectivity index (χ1v) is 10.8. The maximum Gasteiger partial charge on any atom is 0.336 e. The monoisotopic (exact) mass is 433 g/mol. The largest absolute Gasteiger partial charge is 0.483 e. The number of amides is 1. The minimum absolute atomic E-state index is 0.181. The standard InChI is InChI=1S/C25H27N3O4/c1-17(2)5-9-20-21(10-6-18-7-12-24(30)32-25(18)20)31-16-23(29)27-22-11-8-19(15-26-22)28-13-3-4-14-28/h5-8,10-12,15H,3-4,9,13-14,16H2,1-2H3,(H,26,27,29). The lowest BCUT2D eigenvalue weighted by Gasteiger charge is -2.17. The maximum absolute atomic E-state index is 12.5. The number of anilines is 2. The summed E-state index contributed by atoms with van der Waals surface area (Å²) in [5, 5.41) is 3.57. The molecule has 32 heavy (non-hydrogen) atoms. The fourth-order valence-corrected chi connectivity index (χ4v) is 3.75. The van der Waals surface area contributed by atoms with E-state index >= 15 is 0 Å². The summed E-state index contributed by atoms with van der Waals surface area (Å²) >= 11 is 0. The highest BCUT2D eigenvalue weighted by molar-refractivity contribution is 5.91. The van der Waals surface area contributed by atoms with Gasteiger partial charge in [-0.15, -0.1) is 0 Å². The second-order valence-electron chi connectivity index (χ2n) is 8.13. The number of nitrogens with one attached hydrogen (secondary N) is 1. The molecule has 0 atom stereocenters. The van der Waals surface area contributed by atoms with Crippen molar-refractivity contribution in [2.24, 2.45) is 0 Å². The quantitative estimate of drug-likeness (QED) is 0.441. The highest BCUT2D eigenvalue weighted by Gasteiger charge is 2.15. The molecule has 0 radical (unpaired) electrons. The fraction of sp³-hybridized carbons (Fsp3) is 0.320. The second kappa shape index (κ2) is 9.68. The van der Waals surface area contributed by atoms with Crippen LogP contribution in [0.2, 0.25) is 0 Å². The Balaban J connectivity index is 1.46. The molecule has 166 valence electrons. The van der Waals surface area contributed by atoms with E-state index in [0.29, 0.717) is 23.6 Å². The van der Waals surface area contributed by atoms with E-state index in [9.17, 15) is 9.59 Å². The summed E-state index contributed by atoms with van der Waals surface area (Å²) in [6.45, 7) is 5.90. The number of carbonyl (C=O) groups excluding carboxylic acids is 1. The van der Waals surface area contributed by atoms with Crippen LogP contribution in [0.1, 0.15) is 32.3 Å². The third-order valence-electron chi connectivity index (χ3n) is 5.41. The minimum atomic E-state index is -0.422. The number of allylic oxidation sites excluding steroid dienone is 2. The van der Waals surface area contributed by atoms with Crippen molar-refractivity contribution in [3.8, 4) is 5.75 Å². The molecule has 3 heterocycles. The number of aromatic nitrogens is 1. The van der Waals surface area contributed by atoms with E-state index in [1.165, 1.54) is 18.9 Å². The summed E-state index contributed by atoms with van der Waals surface area (Å²) in [7, 11) is 0. The number of carbonyl (C=O) groups is 1. The van der Waals surface area contributed by atoms with Crippen molar-refractivity contribution in [3.63, 3.8) is 0 Å². The van der Waals surface area contributed by atoms with Gasteiger partial charge in [0, 0.05) is 30.1 Å². The van der Waals surface area contributed by atoms with Crippen LogP contribution in [0.5, 0.6) is 5.75 Å². The lowest BCUT2D eigenvalue weighted by molar-refractivity contribution is -0.118. The average molecular weight is 434 g/mol. The first-order valence-electron chi connectivity index (χ1n) is 10.8. The molecule has 0 aliphatic carbocycles. The van der Waals surface area contributed by atoms with Gasteiger partial charge in [-0.2, -0.15) is 0 Å². The Bertz CT molecular complexity index is 1190. The molecule has 7 heteroatoms. The van der Waals surface area contributed by atoms with Crippen molar-refractivity contribution in [2.45, 2.75) is 33.1 Å². The third-order valence-corrected chi connectivity index (χ3v) is 5.41. The summed E-state index contributed by atoms with van der Waals surface area (Å²) in [5.74, 6) is 0.682. The van der Waals surface area contributed by atoms with Crippen molar-refractivity contribution in [3.05, 3.63) is 70.2 Å². The number of ether oxygens (including phenoxy) is 1. The Labute approximate surface area is 186 Å². The molecule has 0 bridgehead atoms. The summed E-state index contributed by atoms with van der Waals surface area (Å²) in [5.41, 5.74) is 2.99. The Morgan fingerprint density at radius 3 is 2.66 bits per heavy atom. The molecule has 1 aromatic carbocycles. The maximum atomic E-state index is 12.5. The van der Waals surface area contributed by atoms with Crippen LogP contribution in [0.25, 0.3) is 11.0 Å². The van der Waals surface area contributed by atoms with Gasteiger partial charge in [0.2, 0.25) is 0 Å². The second-order valence-corrected chi connectivity index (χ2v) is 8.13. The Hall–Kier alpha value is -3.61. The van der Waals surface area contributed by atoms with Crippen molar-refractivity contribution in [2.75, 3.05) is 29.9 Å². The molecule has 1 fully saturated rings. The molecule has 0 unspecified atom stereocenters. The van der Waals surface area contributed by atoms with Gasteiger partial charge in [0.1, 0.15) is 17.2 Å². The number of hydrogen-bond donors (Lipinski definition) is 1. The first kappa shape index (κ1) is 21.6. The van der Waals surface area contributed by atoms with Crippen molar-refractivity contribution < 1.29 is 13.9 Å². The zero-order chi connectivity index (χ0) is 22.5. The zero-order valence-electron chi connectivity index (χ0n) is 18.4. The van der Waals surface area contributed by atoms with Crippen LogP contribution >= 0.6 is 0 Å². The van der Waals surface area contributed by atoms with E-state index in [1.807, 2.05) is 32.1 Å². The number of hydrogen-bond acceptors (Lipinski definition) is 6. The van der Waals surface area contributed by atoms with Gasteiger partial charge in [0.05, 0.1) is 11.9 Å². The SMILES string of the molecule is CC(C)=CCc1c(OCC(=O)Nc2ccc(N3CCCC3)cn2)ccc2ccc(=O)oc12. The molecule has 1 aliphatic rings. The van der Waals surface area contributed by atoms with Gasteiger partial charge in [-0.1, -0.05) is 11.6 Å². The van der Waals surface area contributed by atoms with Crippen LogP contribution in [0.4, 0.5) is 11.5 Å². The number of rotatable bonds is 7. The topological polar surface area (TPSA) is 84.7 Å². The van der Waals surface area contributed by atoms with Crippen molar-refractivity contribution in [1.82, 2.24) is 4.98 Å². The molecule has 7 nitrogen and oxygen atoms in total. The lowest BCUT2D eigenvalue weighted by Crippen LogP contribution is -2.22. The number of benzene rings is 1. The van der Waals surface area contributed by atoms with E-state index in [4.69, 9.17) is 9.15 Å². The molecule has 1 N–H and O–H groups in total. The van der Waals surface area contributed by atoms with Gasteiger partial charge in [-0.05, 0) is 63.4 Å². The molecule has 3 aromatic rings. The summed E-state index contributed by atoms with van der Waals surface area (Å²) in [6, 6.07) is 10.5. The molecule has 1 amide bonds. The van der Waals surface area contributed by atoms with Crippen LogP contribution in [0, 0.1) is 0 Å². The highest BCUT2D eigenvalue weighted by Crippen LogP contribution is 2.28. The molecule has 1 saturated heterocycles. The van der Waals surface area contributed by atoms with E-state index < -0.39 is 5.63 Å². The van der Waals surface area contributed by atoms with Crippen LogP contribution in [-0.4, -0.2) is 30.6 Å². The number of fused-ring (bicyclic) bond motifs is 1. The van der Waals surface area contributed by atoms with E-state index in [1.54, 1.807) is 24.4 Å². The predicted molar refractivity (Wildman–Crippen MR) is 125 cm³/mol. The molecule has 0 spiro atoms.